The van der Waals surface area contributed by atoms with Gasteiger partial charge in [-0.3, -0.25) is 0 Å². The zero-order valence-corrected chi connectivity index (χ0v) is 15.6. The molecule has 0 fully saturated rings. The van der Waals surface area contributed by atoms with Crippen LogP contribution in [0.1, 0.15) is 29.8 Å². The number of benzene rings is 1. The van der Waals surface area contributed by atoms with Crippen LogP contribution in [-0.4, -0.2) is 21.9 Å². The van der Waals surface area contributed by atoms with Gasteiger partial charge in [-0.15, -0.1) is 13.2 Å². The maximum atomic E-state index is 14.3. The zero-order valence-electron chi connectivity index (χ0n) is 13.2. The molecule has 0 aliphatic carbocycles. The minimum Gasteiger partial charge on any atom is -0.459 e. The van der Waals surface area contributed by atoms with Crippen LogP contribution in [0.5, 0.6) is 0 Å². The molecule has 0 aliphatic rings. The van der Waals surface area contributed by atoms with E-state index in [1.165, 1.54) is 6.92 Å². The molecule has 2 rings (SSSR count). The number of halogens is 6. The van der Waals surface area contributed by atoms with E-state index in [0.29, 0.717) is 0 Å². The predicted molar refractivity (Wildman–Crippen MR) is 86.9 cm³/mol. The summed E-state index contributed by atoms with van der Waals surface area (Å²) in [5.41, 5.74) is -0.663. The van der Waals surface area contributed by atoms with Crippen LogP contribution in [0.25, 0.3) is 11.3 Å². The first-order valence-electron chi connectivity index (χ1n) is 6.96. The summed E-state index contributed by atoms with van der Waals surface area (Å²) in [5, 5.41) is 3.20. The number of carbonyl (C=O) groups is 1. The van der Waals surface area contributed by atoms with Crippen LogP contribution >= 0.6 is 27.5 Å². The number of nitrogens with zero attached hydrogens (tertiary/aromatic N) is 2. The van der Waals surface area contributed by atoms with Crippen molar-refractivity contribution in [3.05, 3.63) is 38.7 Å². The Balaban J connectivity index is 2.63. The van der Waals surface area contributed by atoms with Gasteiger partial charge in [-0.25, -0.2) is 9.18 Å². The summed E-state index contributed by atoms with van der Waals surface area (Å²) in [6.07, 6.45) is -5.23. The van der Waals surface area contributed by atoms with E-state index in [0.717, 1.165) is 12.1 Å². The molecule has 0 aliphatic heterocycles. The Morgan fingerprint density at radius 1 is 1.36 bits per heavy atom. The molecule has 0 saturated heterocycles. The number of hydrogen-bond acceptors (Lipinski definition) is 3. The van der Waals surface area contributed by atoms with Crippen molar-refractivity contribution in [1.82, 2.24) is 9.78 Å². The molecule has 4 nitrogen and oxygen atoms in total. The van der Waals surface area contributed by atoms with Crippen molar-refractivity contribution in [2.45, 2.75) is 33.2 Å². The van der Waals surface area contributed by atoms with E-state index in [9.17, 15) is 22.4 Å². The first-order chi connectivity index (χ1) is 11.4. The summed E-state index contributed by atoms with van der Waals surface area (Å²) >= 11 is 8.65. The van der Waals surface area contributed by atoms with Crippen LogP contribution in [0.3, 0.4) is 0 Å². The van der Waals surface area contributed by atoms with E-state index in [4.69, 9.17) is 16.3 Å². The SMILES string of the molecule is Cc1c(-c2cc(C(=O)OC(C)C)c(Cl)cc2F)nn(C(F)(F)F)c1Br. The maximum absolute atomic E-state index is 14.3. The van der Waals surface area contributed by atoms with Crippen molar-refractivity contribution in [1.29, 1.82) is 0 Å². The van der Waals surface area contributed by atoms with E-state index in [-0.39, 0.29) is 36.7 Å². The van der Waals surface area contributed by atoms with E-state index in [1.807, 2.05) is 0 Å². The van der Waals surface area contributed by atoms with Crippen molar-refractivity contribution in [3.63, 3.8) is 0 Å². The smallest absolute Gasteiger partial charge is 0.459 e. The second kappa shape index (κ2) is 6.95. The normalized spacial score (nSPS) is 11.9. The summed E-state index contributed by atoms with van der Waals surface area (Å²) in [6.45, 7) is 4.57. The van der Waals surface area contributed by atoms with Crippen molar-refractivity contribution in [3.8, 4) is 11.3 Å². The molecule has 0 bridgehead atoms. The maximum Gasteiger partial charge on any atom is 0.505 e. The Morgan fingerprint density at radius 2 is 1.96 bits per heavy atom. The predicted octanol–water partition coefficient (Wildman–Crippen LogP) is 5.46. The monoisotopic (exact) mass is 442 g/mol. The lowest BCUT2D eigenvalue weighted by Gasteiger charge is -2.11. The molecule has 0 saturated carbocycles. The molecule has 0 unspecified atom stereocenters. The summed E-state index contributed by atoms with van der Waals surface area (Å²) in [5.74, 6) is -1.72. The summed E-state index contributed by atoms with van der Waals surface area (Å²) in [6, 6.07) is 1.87. The Bertz CT molecular complexity index is 834. The lowest BCUT2D eigenvalue weighted by molar-refractivity contribution is -0.213. The fraction of sp³-hybridized carbons (Fsp3) is 0.333. The average molecular weight is 444 g/mol. The Kier molecular flexibility index (Phi) is 5.48. The molecule has 0 spiro atoms. The molecule has 136 valence electrons. The molecule has 0 atom stereocenters. The number of ether oxygens (including phenoxy) is 1. The number of rotatable bonds is 3. The summed E-state index contributed by atoms with van der Waals surface area (Å²) < 4.78 is 57.6. The van der Waals surface area contributed by atoms with Gasteiger partial charge in [0, 0.05) is 11.1 Å². The highest BCUT2D eigenvalue weighted by molar-refractivity contribution is 9.10. The lowest BCUT2D eigenvalue weighted by atomic mass is 10.0. The lowest BCUT2D eigenvalue weighted by Crippen LogP contribution is -2.18. The molecule has 1 aromatic heterocycles. The van der Waals surface area contributed by atoms with Gasteiger partial charge in [-0.1, -0.05) is 11.6 Å². The van der Waals surface area contributed by atoms with Gasteiger partial charge in [0.25, 0.3) is 0 Å². The average Bonchev–Trinajstić information content (AvgIpc) is 2.74. The van der Waals surface area contributed by atoms with E-state index >= 15 is 0 Å². The first-order valence-corrected chi connectivity index (χ1v) is 8.13. The number of alkyl halides is 3. The molecule has 1 aromatic carbocycles. The standard InChI is InChI=1S/C15H12BrClF4N2O2/c1-6(2)25-14(24)8-4-9(11(18)5-10(8)17)12-7(3)13(16)23(22-12)15(19,20)21/h4-6H,1-3H3. The number of hydrogen-bond donors (Lipinski definition) is 0. The number of carbonyl (C=O) groups excluding carboxylic acids is 1. The molecule has 2 aromatic rings. The van der Waals surface area contributed by atoms with Crippen LogP contribution in [-0.2, 0) is 11.0 Å². The van der Waals surface area contributed by atoms with E-state index < -0.39 is 24.2 Å². The van der Waals surface area contributed by atoms with Crippen molar-refractivity contribution in [2.75, 3.05) is 0 Å². The summed E-state index contributed by atoms with van der Waals surface area (Å²) in [4.78, 5) is 12.0. The molecule has 0 N–H and O–H groups in total. The Labute approximate surface area is 153 Å². The van der Waals surface area contributed by atoms with Gasteiger partial charge in [0.1, 0.15) is 10.4 Å². The molecule has 10 heteroatoms. The second-order valence-corrected chi connectivity index (χ2v) is 6.57. The van der Waals surface area contributed by atoms with Gasteiger partial charge in [0.2, 0.25) is 0 Å². The third kappa shape index (κ3) is 3.98. The highest BCUT2D eigenvalue weighted by atomic mass is 79.9. The van der Waals surface area contributed by atoms with Crippen LogP contribution in [0.15, 0.2) is 16.7 Å². The van der Waals surface area contributed by atoms with Gasteiger partial charge in [-0.2, -0.15) is 9.78 Å². The van der Waals surface area contributed by atoms with Gasteiger partial charge < -0.3 is 4.74 Å². The van der Waals surface area contributed by atoms with Crippen LogP contribution in [0.2, 0.25) is 5.02 Å². The minimum absolute atomic E-state index is 0.0572. The van der Waals surface area contributed by atoms with Gasteiger partial charge >= 0.3 is 12.3 Å². The van der Waals surface area contributed by atoms with Crippen LogP contribution in [0.4, 0.5) is 17.6 Å². The van der Waals surface area contributed by atoms with Crippen molar-refractivity contribution >= 4 is 33.5 Å². The summed E-state index contributed by atoms with van der Waals surface area (Å²) in [7, 11) is 0. The van der Waals surface area contributed by atoms with E-state index in [1.54, 1.807) is 13.8 Å². The van der Waals surface area contributed by atoms with Crippen molar-refractivity contribution < 1.29 is 27.1 Å². The molecular weight excluding hydrogens is 432 g/mol. The fourth-order valence-corrected chi connectivity index (χ4v) is 2.76. The topological polar surface area (TPSA) is 44.1 Å². The molecule has 0 amide bonds. The van der Waals surface area contributed by atoms with Crippen molar-refractivity contribution in [2.24, 2.45) is 0 Å². The molecule has 0 radical (unpaired) electrons. The number of aromatic nitrogens is 2. The molecule has 1 heterocycles. The van der Waals surface area contributed by atoms with Crippen LogP contribution < -0.4 is 0 Å². The molecular formula is C15H12BrClF4N2O2. The Hall–Kier alpha value is -1.61. The minimum atomic E-state index is -4.79. The van der Waals surface area contributed by atoms with Gasteiger partial charge in [-0.05, 0) is 48.8 Å². The third-order valence-corrected chi connectivity index (χ3v) is 4.41. The van der Waals surface area contributed by atoms with Crippen LogP contribution in [0, 0.1) is 12.7 Å². The quantitative estimate of drug-likeness (QED) is 0.468. The first kappa shape index (κ1) is 19.7. The highest BCUT2D eigenvalue weighted by Gasteiger charge is 2.36. The highest BCUT2D eigenvalue weighted by Crippen LogP contribution is 2.36. The fourth-order valence-electron chi connectivity index (χ4n) is 2.06. The second-order valence-electron chi connectivity index (χ2n) is 5.41. The Morgan fingerprint density at radius 3 is 2.44 bits per heavy atom. The third-order valence-electron chi connectivity index (χ3n) is 3.17. The van der Waals surface area contributed by atoms with Gasteiger partial charge in [0.05, 0.1) is 22.4 Å². The van der Waals surface area contributed by atoms with Gasteiger partial charge in [0.15, 0.2) is 0 Å². The molecule has 25 heavy (non-hydrogen) atoms. The number of esters is 1. The largest absolute Gasteiger partial charge is 0.505 e. The zero-order chi connectivity index (χ0) is 19.1. The van der Waals surface area contributed by atoms with E-state index in [2.05, 4.69) is 21.0 Å².